The van der Waals surface area contributed by atoms with Gasteiger partial charge in [0.25, 0.3) is 0 Å². The molecule has 0 saturated heterocycles. The molecule has 0 N–H and O–H groups in total. The molecule has 1 heterocycles. The second-order valence-corrected chi connectivity index (χ2v) is 7.95. The number of halogens is 1. The Morgan fingerprint density at radius 2 is 1.71 bits per heavy atom. The maximum Gasteiger partial charge on any atom is 0.137 e. The minimum Gasteiger partial charge on any atom is -0.353 e. The fourth-order valence-electron chi connectivity index (χ4n) is 2.44. The van der Waals surface area contributed by atoms with Crippen molar-refractivity contribution >= 4 is 21.7 Å². The van der Waals surface area contributed by atoms with Gasteiger partial charge in [0.15, 0.2) is 0 Å². The largest absolute Gasteiger partial charge is 0.353 e. The van der Waals surface area contributed by atoms with Crippen molar-refractivity contribution in [2.75, 3.05) is 11.4 Å². The van der Waals surface area contributed by atoms with E-state index in [0.717, 1.165) is 35.6 Å². The molecule has 0 amide bonds. The lowest BCUT2D eigenvalue weighted by Gasteiger charge is -2.34. The first-order valence-electron chi connectivity index (χ1n) is 8.00. The van der Waals surface area contributed by atoms with E-state index in [1.807, 2.05) is 0 Å². The molecule has 0 saturated carbocycles. The van der Waals surface area contributed by atoms with Gasteiger partial charge in [-0.25, -0.2) is 9.97 Å². The van der Waals surface area contributed by atoms with Crippen molar-refractivity contribution in [1.29, 1.82) is 0 Å². The Kier molecular flexibility index (Phi) is 6.64. The molecule has 0 spiro atoms. The molecule has 0 fully saturated rings. The van der Waals surface area contributed by atoms with E-state index in [4.69, 9.17) is 4.98 Å². The van der Waals surface area contributed by atoms with Crippen LogP contribution in [0.25, 0.3) is 0 Å². The van der Waals surface area contributed by atoms with Crippen LogP contribution in [0.15, 0.2) is 10.7 Å². The van der Waals surface area contributed by atoms with E-state index in [2.05, 4.69) is 80.3 Å². The minimum absolute atomic E-state index is 0.0457. The number of hydrogen-bond acceptors (Lipinski definition) is 3. The lowest BCUT2D eigenvalue weighted by Crippen LogP contribution is -2.38. The van der Waals surface area contributed by atoms with Crippen LogP contribution in [0, 0.1) is 5.92 Å². The number of anilines is 1. The SMILES string of the molecule is CCC(CC)N(CC(C)C)c1cc(Br)nc(C(C)(C)C)n1. The van der Waals surface area contributed by atoms with E-state index < -0.39 is 0 Å². The van der Waals surface area contributed by atoms with Crippen LogP contribution in [-0.4, -0.2) is 22.6 Å². The third kappa shape index (κ3) is 5.24. The van der Waals surface area contributed by atoms with Gasteiger partial charge in [0.05, 0.1) is 0 Å². The summed E-state index contributed by atoms with van der Waals surface area (Å²) in [6, 6.07) is 2.58. The molecule has 1 rings (SSSR count). The van der Waals surface area contributed by atoms with Crippen LogP contribution in [0.5, 0.6) is 0 Å². The van der Waals surface area contributed by atoms with Gasteiger partial charge in [-0.3, -0.25) is 0 Å². The van der Waals surface area contributed by atoms with E-state index in [1.165, 1.54) is 0 Å². The van der Waals surface area contributed by atoms with Crippen molar-refractivity contribution in [3.05, 3.63) is 16.5 Å². The van der Waals surface area contributed by atoms with Crippen molar-refractivity contribution < 1.29 is 0 Å². The Bertz CT molecular complexity index is 448. The maximum atomic E-state index is 4.86. The van der Waals surface area contributed by atoms with Crippen molar-refractivity contribution in [2.24, 2.45) is 5.92 Å². The summed E-state index contributed by atoms with van der Waals surface area (Å²) in [6.07, 6.45) is 2.27. The van der Waals surface area contributed by atoms with Gasteiger partial charge in [-0.1, -0.05) is 48.5 Å². The highest BCUT2D eigenvalue weighted by Crippen LogP contribution is 2.27. The lowest BCUT2D eigenvalue weighted by molar-refractivity contribution is 0.495. The summed E-state index contributed by atoms with van der Waals surface area (Å²) in [7, 11) is 0. The van der Waals surface area contributed by atoms with Crippen molar-refractivity contribution in [2.45, 2.75) is 72.8 Å². The first-order chi connectivity index (χ1) is 9.68. The van der Waals surface area contributed by atoms with Crippen molar-refractivity contribution in [1.82, 2.24) is 9.97 Å². The molecule has 0 atom stereocenters. The summed E-state index contributed by atoms with van der Waals surface area (Å²) in [4.78, 5) is 11.9. The minimum atomic E-state index is -0.0457. The average Bonchev–Trinajstić information content (AvgIpc) is 2.36. The zero-order chi connectivity index (χ0) is 16.2. The smallest absolute Gasteiger partial charge is 0.137 e. The van der Waals surface area contributed by atoms with Crippen molar-refractivity contribution in [3.63, 3.8) is 0 Å². The van der Waals surface area contributed by atoms with E-state index in [1.54, 1.807) is 0 Å². The summed E-state index contributed by atoms with van der Waals surface area (Å²) in [5.41, 5.74) is -0.0457. The zero-order valence-corrected chi connectivity index (χ0v) is 16.2. The van der Waals surface area contributed by atoms with Crippen LogP contribution in [0.4, 0.5) is 5.82 Å². The van der Waals surface area contributed by atoms with Gasteiger partial charge in [-0.15, -0.1) is 0 Å². The van der Waals surface area contributed by atoms with Gasteiger partial charge in [0.2, 0.25) is 0 Å². The van der Waals surface area contributed by atoms with Crippen LogP contribution in [0.3, 0.4) is 0 Å². The Balaban J connectivity index is 3.26. The van der Waals surface area contributed by atoms with Crippen LogP contribution in [0.2, 0.25) is 0 Å². The monoisotopic (exact) mass is 355 g/mol. The molecule has 1 aromatic heterocycles. The Hall–Kier alpha value is -0.640. The molecule has 1 aromatic rings. The molecule has 0 radical (unpaired) electrons. The maximum absolute atomic E-state index is 4.86. The molecular formula is C17H30BrN3. The quantitative estimate of drug-likeness (QED) is 0.657. The van der Waals surface area contributed by atoms with Gasteiger partial charge in [0.1, 0.15) is 16.2 Å². The molecule has 120 valence electrons. The molecular weight excluding hydrogens is 326 g/mol. The summed E-state index contributed by atoms with van der Waals surface area (Å²) >= 11 is 3.56. The van der Waals surface area contributed by atoms with E-state index in [9.17, 15) is 0 Å². The standard InChI is InChI=1S/C17H30BrN3/c1-8-13(9-2)21(11-12(3)4)15-10-14(18)19-16(20-15)17(5,6)7/h10,12-13H,8-9,11H2,1-7H3. The topological polar surface area (TPSA) is 29.0 Å². The Labute approximate surface area is 138 Å². The predicted octanol–water partition coefficient (Wildman–Crippen LogP) is 5.19. The van der Waals surface area contributed by atoms with E-state index in [0.29, 0.717) is 12.0 Å². The number of nitrogens with zero attached hydrogens (tertiary/aromatic N) is 3. The highest BCUT2D eigenvalue weighted by Gasteiger charge is 2.23. The fraction of sp³-hybridized carbons (Fsp3) is 0.765. The van der Waals surface area contributed by atoms with Crippen LogP contribution >= 0.6 is 15.9 Å². The highest BCUT2D eigenvalue weighted by molar-refractivity contribution is 9.10. The molecule has 0 aliphatic carbocycles. The average molecular weight is 356 g/mol. The van der Waals surface area contributed by atoms with Crippen LogP contribution in [-0.2, 0) is 5.41 Å². The summed E-state index contributed by atoms with van der Waals surface area (Å²) in [5, 5.41) is 0. The van der Waals surface area contributed by atoms with Gasteiger partial charge >= 0.3 is 0 Å². The summed E-state index contributed by atoms with van der Waals surface area (Å²) in [5.74, 6) is 2.55. The third-order valence-corrected chi connectivity index (χ3v) is 4.00. The normalized spacial score (nSPS) is 12.3. The van der Waals surface area contributed by atoms with Gasteiger partial charge in [-0.05, 0) is 34.7 Å². The summed E-state index contributed by atoms with van der Waals surface area (Å²) < 4.78 is 0.872. The van der Waals surface area contributed by atoms with Crippen LogP contribution < -0.4 is 4.90 Å². The predicted molar refractivity (Wildman–Crippen MR) is 95.0 cm³/mol. The highest BCUT2D eigenvalue weighted by atomic mass is 79.9. The van der Waals surface area contributed by atoms with E-state index in [-0.39, 0.29) is 5.41 Å². The van der Waals surface area contributed by atoms with Gasteiger partial charge < -0.3 is 4.90 Å². The zero-order valence-electron chi connectivity index (χ0n) is 14.6. The van der Waals surface area contributed by atoms with Gasteiger partial charge in [0, 0.05) is 24.1 Å². The number of aromatic nitrogens is 2. The van der Waals surface area contributed by atoms with E-state index >= 15 is 0 Å². The molecule has 4 heteroatoms. The second kappa shape index (κ2) is 7.57. The molecule has 0 bridgehead atoms. The second-order valence-electron chi connectivity index (χ2n) is 7.14. The molecule has 0 aromatic carbocycles. The number of hydrogen-bond donors (Lipinski definition) is 0. The number of rotatable bonds is 6. The summed E-state index contributed by atoms with van der Waals surface area (Å²) in [6.45, 7) is 16.5. The molecule has 0 aliphatic heterocycles. The third-order valence-electron chi connectivity index (χ3n) is 3.59. The first-order valence-corrected chi connectivity index (χ1v) is 8.80. The molecule has 3 nitrogen and oxygen atoms in total. The molecule has 0 unspecified atom stereocenters. The Morgan fingerprint density at radius 1 is 1.14 bits per heavy atom. The van der Waals surface area contributed by atoms with Crippen molar-refractivity contribution in [3.8, 4) is 0 Å². The Morgan fingerprint density at radius 3 is 2.14 bits per heavy atom. The van der Waals surface area contributed by atoms with Gasteiger partial charge in [-0.2, -0.15) is 0 Å². The fourth-order valence-corrected chi connectivity index (χ4v) is 2.81. The molecule has 21 heavy (non-hydrogen) atoms. The first kappa shape index (κ1) is 18.4. The van der Waals surface area contributed by atoms with Crippen LogP contribution in [0.1, 0.15) is 67.1 Å². The molecule has 0 aliphatic rings. The lowest BCUT2D eigenvalue weighted by atomic mass is 9.96.